The molecule has 0 unspecified atom stereocenters. The molecule has 3 rings (SSSR count). The lowest BCUT2D eigenvalue weighted by Gasteiger charge is -2.37. The van der Waals surface area contributed by atoms with E-state index in [1.165, 1.54) is 12.1 Å². The number of aliphatic carboxylic acids is 1. The first-order chi connectivity index (χ1) is 9.75. The highest BCUT2D eigenvalue weighted by Gasteiger charge is 2.57. The molecule has 1 heterocycles. The number of carbonyl (C=O) groups is 1. The number of carboxylic acids is 1. The minimum absolute atomic E-state index is 0.0223. The van der Waals surface area contributed by atoms with Gasteiger partial charge >= 0.3 is 5.97 Å². The average molecular weight is 290 g/mol. The molecular weight excluding hydrogens is 271 g/mol. The summed E-state index contributed by atoms with van der Waals surface area (Å²) in [5.41, 5.74) is 0.170. The fourth-order valence-corrected chi connectivity index (χ4v) is 3.53. The summed E-state index contributed by atoms with van der Waals surface area (Å²) >= 11 is 0. The number of aromatic nitrogens is 2. The van der Waals surface area contributed by atoms with Crippen molar-refractivity contribution in [3.8, 4) is 0 Å². The predicted octanol–water partition coefficient (Wildman–Crippen LogP) is 3.70. The first kappa shape index (κ1) is 14.0. The lowest BCUT2D eigenvalue weighted by atomic mass is 9.65. The van der Waals surface area contributed by atoms with E-state index >= 15 is 0 Å². The van der Waals surface area contributed by atoms with Gasteiger partial charge in [0.25, 0.3) is 0 Å². The fraction of sp³-hybridized carbons (Fsp3) is 0.500. The smallest absolute Gasteiger partial charge is 0.309 e. The summed E-state index contributed by atoms with van der Waals surface area (Å²) < 4.78 is 13.3. The van der Waals surface area contributed by atoms with Crippen molar-refractivity contribution in [2.75, 3.05) is 0 Å². The van der Waals surface area contributed by atoms with Crippen molar-refractivity contribution in [2.24, 2.45) is 10.8 Å². The van der Waals surface area contributed by atoms with Crippen LogP contribution in [0.2, 0.25) is 0 Å². The summed E-state index contributed by atoms with van der Waals surface area (Å²) in [6, 6.07) is 4.45. The van der Waals surface area contributed by atoms with Gasteiger partial charge in [0.15, 0.2) is 0 Å². The standard InChI is InChI=1S/C16H19FN2O2/c1-15(2)10(6-7-16(15,3)14(20)21)13-18-11-5-4-9(17)8-12(11)19-13/h4-5,8,10H,6-7H2,1-3H3,(H,18,19)(H,20,21)/t10-,16+/m1/s1. The quantitative estimate of drug-likeness (QED) is 0.886. The number of carboxylic acid groups (broad SMARTS) is 1. The van der Waals surface area contributed by atoms with E-state index in [9.17, 15) is 14.3 Å². The van der Waals surface area contributed by atoms with Crippen LogP contribution >= 0.6 is 0 Å². The van der Waals surface area contributed by atoms with E-state index in [4.69, 9.17) is 0 Å². The monoisotopic (exact) mass is 290 g/mol. The van der Waals surface area contributed by atoms with Crippen LogP contribution in [-0.4, -0.2) is 21.0 Å². The number of hydrogen-bond acceptors (Lipinski definition) is 2. The van der Waals surface area contributed by atoms with Gasteiger partial charge in [0.05, 0.1) is 16.4 Å². The third-order valence-corrected chi connectivity index (χ3v) is 5.49. The van der Waals surface area contributed by atoms with Crippen LogP contribution < -0.4 is 0 Å². The Morgan fingerprint density at radius 2 is 2.14 bits per heavy atom. The fourth-order valence-electron chi connectivity index (χ4n) is 3.53. The van der Waals surface area contributed by atoms with E-state index in [1.807, 2.05) is 13.8 Å². The van der Waals surface area contributed by atoms with Crippen molar-refractivity contribution in [1.82, 2.24) is 9.97 Å². The van der Waals surface area contributed by atoms with Crippen molar-refractivity contribution < 1.29 is 14.3 Å². The van der Waals surface area contributed by atoms with Gasteiger partial charge in [-0.1, -0.05) is 13.8 Å². The van der Waals surface area contributed by atoms with E-state index in [0.29, 0.717) is 17.5 Å². The van der Waals surface area contributed by atoms with E-state index in [2.05, 4.69) is 9.97 Å². The van der Waals surface area contributed by atoms with Gasteiger partial charge in [0, 0.05) is 5.92 Å². The zero-order valence-electron chi connectivity index (χ0n) is 12.4. The van der Waals surface area contributed by atoms with Crippen LogP contribution in [0.4, 0.5) is 4.39 Å². The largest absolute Gasteiger partial charge is 0.481 e. The molecule has 0 spiro atoms. The van der Waals surface area contributed by atoms with E-state index < -0.39 is 16.8 Å². The van der Waals surface area contributed by atoms with Crippen LogP contribution in [0.15, 0.2) is 18.2 Å². The summed E-state index contributed by atoms with van der Waals surface area (Å²) in [5.74, 6) is -0.296. The van der Waals surface area contributed by atoms with Crippen molar-refractivity contribution in [3.63, 3.8) is 0 Å². The Kier molecular flexibility index (Phi) is 2.87. The lowest BCUT2D eigenvalue weighted by Crippen LogP contribution is -2.40. The molecule has 0 saturated heterocycles. The molecule has 5 heteroatoms. The molecule has 0 aliphatic heterocycles. The summed E-state index contributed by atoms with van der Waals surface area (Å²) in [6.07, 6.45) is 1.38. The van der Waals surface area contributed by atoms with Crippen LogP contribution in [0.1, 0.15) is 45.4 Å². The summed E-state index contributed by atoms with van der Waals surface area (Å²) in [5, 5.41) is 9.57. The van der Waals surface area contributed by atoms with Crippen LogP contribution in [-0.2, 0) is 4.79 Å². The third kappa shape index (κ3) is 1.87. The molecular formula is C16H19FN2O2. The molecule has 1 saturated carbocycles. The lowest BCUT2D eigenvalue weighted by molar-refractivity contribution is -0.153. The number of rotatable bonds is 2. The van der Waals surface area contributed by atoms with Crippen molar-refractivity contribution >= 4 is 17.0 Å². The molecule has 1 aromatic carbocycles. The SMILES string of the molecule is CC1(C)[C@@H](c2nc3ccc(F)cc3[nH]2)CC[C@@]1(C)C(=O)O. The number of aromatic amines is 1. The summed E-state index contributed by atoms with van der Waals surface area (Å²) in [7, 11) is 0. The van der Waals surface area contributed by atoms with Gasteiger partial charge in [-0.3, -0.25) is 4.79 Å². The Bertz CT molecular complexity index is 722. The van der Waals surface area contributed by atoms with Crippen molar-refractivity contribution in [3.05, 3.63) is 29.8 Å². The molecule has 0 radical (unpaired) electrons. The van der Waals surface area contributed by atoms with Crippen molar-refractivity contribution in [2.45, 2.75) is 39.5 Å². The van der Waals surface area contributed by atoms with Crippen molar-refractivity contribution in [1.29, 1.82) is 0 Å². The molecule has 1 aliphatic carbocycles. The third-order valence-electron chi connectivity index (χ3n) is 5.49. The Morgan fingerprint density at radius 1 is 1.43 bits per heavy atom. The van der Waals surface area contributed by atoms with Crippen LogP contribution in [0.3, 0.4) is 0 Å². The maximum atomic E-state index is 13.3. The molecule has 0 bridgehead atoms. The molecule has 1 fully saturated rings. The Balaban J connectivity index is 2.05. The van der Waals surface area contributed by atoms with E-state index in [1.54, 1.807) is 13.0 Å². The van der Waals surface area contributed by atoms with Crippen LogP contribution in [0.25, 0.3) is 11.0 Å². The van der Waals surface area contributed by atoms with Gasteiger partial charge < -0.3 is 10.1 Å². The molecule has 21 heavy (non-hydrogen) atoms. The van der Waals surface area contributed by atoms with Gasteiger partial charge in [-0.05, 0) is 43.4 Å². The molecule has 1 aromatic heterocycles. The van der Waals surface area contributed by atoms with E-state index in [0.717, 1.165) is 12.2 Å². The first-order valence-electron chi connectivity index (χ1n) is 7.14. The summed E-state index contributed by atoms with van der Waals surface area (Å²) in [6.45, 7) is 5.76. The highest BCUT2D eigenvalue weighted by molar-refractivity contribution is 5.77. The number of nitrogens with one attached hydrogen (secondary N) is 1. The number of benzene rings is 1. The second-order valence-electron chi connectivity index (χ2n) is 6.73. The number of halogens is 1. The van der Waals surface area contributed by atoms with Crippen LogP contribution in [0, 0.1) is 16.6 Å². The summed E-state index contributed by atoms with van der Waals surface area (Å²) in [4.78, 5) is 19.4. The molecule has 1 aliphatic rings. The minimum atomic E-state index is -0.776. The first-order valence-corrected chi connectivity index (χ1v) is 7.14. The molecule has 2 N–H and O–H groups in total. The number of hydrogen-bond donors (Lipinski definition) is 2. The highest BCUT2D eigenvalue weighted by Crippen LogP contribution is 2.59. The Hall–Kier alpha value is -1.91. The molecule has 2 atom stereocenters. The molecule has 112 valence electrons. The van der Waals surface area contributed by atoms with Crippen LogP contribution in [0.5, 0.6) is 0 Å². The second-order valence-corrected chi connectivity index (χ2v) is 6.73. The van der Waals surface area contributed by atoms with Gasteiger partial charge in [-0.2, -0.15) is 0 Å². The number of nitrogens with zero attached hydrogens (tertiary/aromatic N) is 1. The Morgan fingerprint density at radius 3 is 2.76 bits per heavy atom. The number of imidazole rings is 1. The zero-order valence-corrected chi connectivity index (χ0v) is 12.4. The van der Waals surface area contributed by atoms with Gasteiger partial charge in [0.2, 0.25) is 0 Å². The average Bonchev–Trinajstić information content (AvgIpc) is 2.89. The van der Waals surface area contributed by atoms with Gasteiger partial charge in [0.1, 0.15) is 11.6 Å². The molecule has 4 nitrogen and oxygen atoms in total. The number of H-pyrrole nitrogens is 1. The topological polar surface area (TPSA) is 66.0 Å². The second kappa shape index (κ2) is 4.29. The van der Waals surface area contributed by atoms with E-state index in [-0.39, 0.29) is 11.7 Å². The predicted molar refractivity (Wildman–Crippen MR) is 77.6 cm³/mol. The van der Waals surface area contributed by atoms with Gasteiger partial charge in [-0.25, -0.2) is 9.37 Å². The molecule has 2 aromatic rings. The normalized spacial score (nSPS) is 28.1. The maximum Gasteiger partial charge on any atom is 0.309 e. The molecule has 0 amide bonds. The minimum Gasteiger partial charge on any atom is -0.481 e. The Labute approximate surface area is 122 Å². The zero-order chi connectivity index (χ0) is 15.4. The number of fused-ring (bicyclic) bond motifs is 1. The maximum absolute atomic E-state index is 13.3. The highest BCUT2D eigenvalue weighted by atomic mass is 19.1. The van der Waals surface area contributed by atoms with Gasteiger partial charge in [-0.15, -0.1) is 0 Å².